The van der Waals surface area contributed by atoms with Crippen molar-refractivity contribution < 1.29 is 17.8 Å². The molecule has 0 aromatic heterocycles. The van der Waals surface area contributed by atoms with Crippen LogP contribution < -0.4 is 5.32 Å². The van der Waals surface area contributed by atoms with E-state index in [-0.39, 0.29) is 0 Å². The number of nitrogens with one attached hydrogen (secondary N) is 1. The normalized spacial score (nSPS) is 13.3. The fourth-order valence-electron chi connectivity index (χ4n) is 1.06. The van der Waals surface area contributed by atoms with Crippen molar-refractivity contribution in [2.75, 3.05) is 5.75 Å². The third-order valence-electron chi connectivity index (χ3n) is 1.58. The molecule has 1 amide bonds. The molecule has 0 unspecified atom stereocenters. The SMILES string of the molecule is C=CC(=O)N[C@@H](CCC)CS(=O)(=O)O. The second-order valence-electron chi connectivity index (χ2n) is 2.95. The van der Waals surface area contributed by atoms with Crippen molar-refractivity contribution in [1.29, 1.82) is 0 Å². The predicted molar refractivity (Wildman–Crippen MR) is 53.5 cm³/mol. The van der Waals surface area contributed by atoms with Crippen molar-refractivity contribution in [2.24, 2.45) is 0 Å². The topological polar surface area (TPSA) is 83.5 Å². The summed E-state index contributed by atoms with van der Waals surface area (Å²) in [6, 6.07) is -0.555. The first-order valence-corrected chi connectivity index (χ1v) is 5.88. The van der Waals surface area contributed by atoms with Crippen LogP contribution in [0.2, 0.25) is 0 Å². The number of hydrogen-bond donors (Lipinski definition) is 2. The number of amides is 1. The molecule has 5 nitrogen and oxygen atoms in total. The van der Waals surface area contributed by atoms with Gasteiger partial charge in [0.15, 0.2) is 0 Å². The van der Waals surface area contributed by atoms with E-state index in [1.807, 2.05) is 6.92 Å². The van der Waals surface area contributed by atoms with Crippen LogP contribution >= 0.6 is 0 Å². The summed E-state index contributed by atoms with van der Waals surface area (Å²) in [6.45, 7) is 5.10. The molecular weight excluding hydrogens is 206 g/mol. The largest absolute Gasteiger partial charge is 0.349 e. The Bertz CT molecular complexity index is 296. The Morgan fingerprint density at radius 1 is 1.64 bits per heavy atom. The van der Waals surface area contributed by atoms with E-state index < -0.39 is 27.8 Å². The second kappa shape index (κ2) is 5.77. The highest BCUT2D eigenvalue weighted by Crippen LogP contribution is 2.00. The molecule has 0 aliphatic heterocycles. The van der Waals surface area contributed by atoms with Crippen LogP contribution in [0.25, 0.3) is 0 Å². The minimum absolute atomic E-state index is 0.438. The van der Waals surface area contributed by atoms with Gasteiger partial charge in [-0.25, -0.2) is 0 Å². The molecule has 0 bridgehead atoms. The van der Waals surface area contributed by atoms with Gasteiger partial charge in [-0.3, -0.25) is 9.35 Å². The number of carbonyl (C=O) groups excluding carboxylic acids is 1. The first-order valence-electron chi connectivity index (χ1n) is 4.27. The van der Waals surface area contributed by atoms with E-state index in [1.165, 1.54) is 0 Å². The van der Waals surface area contributed by atoms with Crippen molar-refractivity contribution in [3.63, 3.8) is 0 Å². The van der Waals surface area contributed by atoms with Gasteiger partial charge in [0.2, 0.25) is 5.91 Å². The highest BCUT2D eigenvalue weighted by Gasteiger charge is 2.16. The molecule has 1 atom stereocenters. The van der Waals surface area contributed by atoms with Gasteiger partial charge in [-0.05, 0) is 12.5 Å². The van der Waals surface area contributed by atoms with E-state index in [4.69, 9.17) is 4.55 Å². The lowest BCUT2D eigenvalue weighted by Crippen LogP contribution is -2.38. The number of rotatable bonds is 6. The monoisotopic (exact) mass is 221 g/mol. The number of hydrogen-bond acceptors (Lipinski definition) is 3. The Morgan fingerprint density at radius 3 is 2.57 bits per heavy atom. The summed E-state index contributed by atoms with van der Waals surface area (Å²) in [5.41, 5.74) is 0. The molecule has 0 saturated carbocycles. The summed E-state index contributed by atoms with van der Waals surface area (Å²) < 4.78 is 29.7. The van der Waals surface area contributed by atoms with E-state index in [1.54, 1.807) is 0 Å². The fourth-order valence-corrected chi connectivity index (χ4v) is 1.82. The van der Waals surface area contributed by atoms with E-state index in [0.29, 0.717) is 6.42 Å². The lowest BCUT2D eigenvalue weighted by atomic mass is 10.2. The fraction of sp³-hybridized carbons (Fsp3) is 0.625. The maximum atomic E-state index is 10.9. The van der Waals surface area contributed by atoms with E-state index in [0.717, 1.165) is 12.5 Å². The molecule has 82 valence electrons. The molecule has 0 saturated heterocycles. The molecule has 0 spiro atoms. The molecule has 6 heteroatoms. The zero-order valence-corrected chi connectivity index (χ0v) is 8.88. The second-order valence-corrected chi connectivity index (χ2v) is 4.44. The summed E-state index contributed by atoms with van der Waals surface area (Å²) in [5, 5.41) is 2.43. The molecule has 0 rings (SSSR count). The Labute approximate surface area is 83.9 Å². The Kier molecular flexibility index (Phi) is 5.40. The van der Waals surface area contributed by atoms with Crippen molar-refractivity contribution in [3.8, 4) is 0 Å². The zero-order valence-electron chi connectivity index (χ0n) is 8.06. The molecule has 0 heterocycles. The molecular formula is C8H15NO4S. The van der Waals surface area contributed by atoms with Crippen LogP contribution in [0.5, 0.6) is 0 Å². The molecule has 14 heavy (non-hydrogen) atoms. The molecule has 0 aliphatic rings. The quantitative estimate of drug-likeness (QED) is 0.500. The van der Waals surface area contributed by atoms with Crippen molar-refractivity contribution in [2.45, 2.75) is 25.8 Å². The molecule has 0 radical (unpaired) electrons. The van der Waals surface area contributed by atoms with Crippen LogP contribution in [-0.4, -0.2) is 30.7 Å². The standard InChI is InChI=1S/C8H15NO4S/c1-3-5-7(6-14(11,12)13)9-8(10)4-2/h4,7H,2-3,5-6H2,1H3,(H,9,10)(H,11,12,13)/t7-/m0/s1. The Hall–Kier alpha value is -0.880. The van der Waals surface area contributed by atoms with Gasteiger partial charge in [-0.15, -0.1) is 0 Å². The molecule has 0 fully saturated rings. The van der Waals surface area contributed by atoms with Crippen molar-refractivity contribution >= 4 is 16.0 Å². The molecule has 0 aliphatic carbocycles. The predicted octanol–water partition coefficient (Wildman–Crippen LogP) is 0.345. The highest BCUT2D eigenvalue weighted by atomic mass is 32.2. The maximum absolute atomic E-state index is 10.9. The van der Waals surface area contributed by atoms with Crippen LogP contribution in [0.3, 0.4) is 0 Å². The molecule has 2 N–H and O–H groups in total. The molecule has 0 aromatic carbocycles. The number of carbonyl (C=O) groups is 1. The van der Waals surface area contributed by atoms with Crippen molar-refractivity contribution in [1.82, 2.24) is 5.32 Å². The van der Waals surface area contributed by atoms with Gasteiger partial charge < -0.3 is 5.32 Å². The first kappa shape index (κ1) is 13.1. The summed E-state index contributed by atoms with van der Waals surface area (Å²) in [6.07, 6.45) is 2.28. The van der Waals surface area contributed by atoms with Crippen LogP contribution in [0.15, 0.2) is 12.7 Å². The van der Waals surface area contributed by atoms with E-state index in [9.17, 15) is 13.2 Å². The summed E-state index contributed by atoms with van der Waals surface area (Å²) in [4.78, 5) is 10.9. The van der Waals surface area contributed by atoms with Crippen LogP contribution in [0.1, 0.15) is 19.8 Å². The van der Waals surface area contributed by atoms with Gasteiger partial charge >= 0.3 is 0 Å². The summed E-state index contributed by atoms with van der Waals surface area (Å²) >= 11 is 0. The van der Waals surface area contributed by atoms with Gasteiger partial charge in [-0.2, -0.15) is 8.42 Å². The van der Waals surface area contributed by atoms with Crippen LogP contribution in [-0.2, 0) is 14.9 Å². The average Bonchev–Trinajstić information content (AvgIpc) is 2.01. The van der Waals surface area contributed by atoms with Gasteiger partial charge in [0, 0.05) is 6.04 Å². The van der Waals surface area contributed by atoms with E-state index in [2.05, 4.69) is 11.9 Å². The maximum Gasteiger partial charge on any atom is 0.266 e. The third-order valence-corrected chi connectivity index (χ3v) is 2.40. The first-order chi connectivity index (χ1) is 6.39. The Morgan fingerprint density at radius 2 is 2.21 bits per heavy atom. The van der Waals surface area contributed by atoms with Gasteiger partial charge in [-0.1, -0.05) is 19.9 Å². The van der Waals surface area contributed by atoms with Crippen LogP contribution in [0, 0.1) is 0 Å². The van der Waals surface area contributed by atoms with Crippen LogP contribution in [0.4, 0.5) is 0 Å². The minimum Gasteiger partial charge on any atom is -0.349 e. The minimum atomic E-state index is -4.05. The lowest BCUT2D eigenvalue weighted by Gasteiger charge is -2.14. The summed E-state index contributed by atoms with van der Waals surface area (Å²) in [5.74, 6) is -0.896. The Balaban J connectivity index is 4.29. The highest BCUT2D eigenvalue weighted by molar-refractivity contribution is 7.85. The van der Waals surface area contributed by atoms with Gasteiger partial charge in [0.25, 0.3) is 10.1 Å². The summed E-state index contributed by atoms with van der Waals surface area (Å²) in [7, 11) is -4.05. The third kappa shape index (κ3) is 6.62. The van der Waals surface area contributed by atoms with Gasteiger partial charge in [0.1, 0.15) is 0 Å². The van der Waals surface area contributed by atoms with Gasteiger partial charge in [0.05, 0.1) is 5.75 Å². The zero-order chi connectivity index (χ0) is 11.2. The van der Waals surface area contributed by atoms with E-state index >= 15 is 0 Å². The van der Waals surface area contributed by atoms with Crippen molar-refractivity contribution in [3.05, 3.63) is 12.7 Å². The lowest BCUT2D eigenvalue weighted by molar-refractivity contribution is -0.117. The molecule has 0 aromatic rings. The average molecular weight is 221 g/mol. The smallest absolute Gasteiger partial charge is 0.266 e.